The first-order chi connectivity index (χ1) is 11.8. The molecule has 0 aliphatic carbocycles. The molecule has 2 N–H and O–H groups in total. The van der Waals surface area contributed by atoms with Gasteiger partial charge in [-0.1, -0.05) is 24.3 Å². The zero-order valence-electron chi connectivity index (χ0n) is 14.8. The highest BCUT2D eigenvalue weighted by atomic mass is 16.3. The molecule has 25 heavy (non-hydrogen) atoms. The van der Waals surface area contributed by atoms with E-state index < -0.39 is 5.60 Å². The van der Waals surface area contributed by atoms with Gasteiger partial charge in [-0.3, -0.25) is 9.20 Å². The van der Waals surface area contributed by atoms with Gasteiger partial charge in [0.2, 0.25) is 0 Å². The summed E-state index contributed by atoms with van der Waals surface area (Å²) in [5.74, 6) is -0.193. The van der Waals surface area contributed by atoms with E-state index in [2.05, 4.69) is 10.3 Å². The number of fused-ring (bicyclic) bond motifs is 1. The number of benzene rings is 1. The molecule has 0 unspecified atom stereocenters. The van der Waals surface area contributed by atoms with Gasteiger partial charge in [-0.05, 0) is 56.9 Å². The molecule has 0 aliphatic heterocycles. The maximum Gasteiger partial charge on any atom is 0.274 e. The zero-order valence-corrected chi connectivity index (χ0v) is 14.8. The van der Waals surface area contributed by atoms with Gasteiger partial charge in [-0.25, -0.2) is 4.98 Å². The Bertz CT molecular complexity index is 907. The molecule has 0 saturated heterocycles. The molecule has 1 amide bonds. The van der Waals surface area contributed by atoms with Crippen molar-refractivity contribution in [2.75, 3.05) is 5.32 Å². The number of nitrogens with zero attached hydrogens (tertiary/aromatic N) is 2. The Morgan fingerprint density at radius 3 is 2.72 bits per heavy atom. The fourth-order valence-electron chi connectivity index (χ4n) is 2.69. The molecule has 3 rings (SSSR count). The molecule has 1 aromatic carbocycles. The predicted octanol–water partition coefficient (Wildman–Crippen LogP) is 3.60. The summed E-state index contributed by atoms with van der Waals surface area (Å²) >= 11 is 0. The van der Waals surface area contributed by atoms with Gasteiger partial charge < -0.3 is 10.4 Å². The average Bonchev–Trinajstić information content (AvgIpc) is 2.97. The number of para-hydroxylation sites is 1. The molecule has 0 saturated carbocycles. The lowest BCUT2D eigenvalue weighted by molar-refractivity contribution is 0.0713. The summed E-state index contributed by atoms with van der Waals surface area (Å²) in [6.07, 6.45) is 4.89. The Labute approximate surface area is 147 Å². The second-order valence-corrected chi connectivity index (χ2v) is 6.99. The van der Waals surface area contributed by atoms with Crippen LogP contribution in [0.1, 0.15) is 41.9 Å². The number of hydrogen-bond donors (Lipinski definition) is 2. The molecule has 2 aromatic heterocycles. The molecule has 5 heteroatoms. The summed E-state index contributed by atoms with van der Waals surface area (Å²) in [4.78, 5) is 17.0. The van der Waals surface area contributed by atoms with Crippen molar-refractivity contribution in [1.82, 2.24) is 9.38 Å². The third-order valence-corrected chi connectivity index (χ3v) is 4.22. The van der Waals surface area contributed by atoms with Gasteiger partial charge in [0.15, 0.2) is 0 Å². The van der Waals surface area contributed by atoms with Crippen LogP contribution in [0.15, 0.2) is 48.8 Å². The Balaban J connectivity index is 1.86. The number of carbonyl (C=O) groups excluding carboxylic acids is 1. The quantitative estimate of drug-likeness (QED) is 0.747. The highest BCUT2D eigenvalue weighted by Crippen LogP contribution is 2.17. The van der Waals surface area contributed by atoms with Crippen LogP contribution in [0.4, 0.5) is 5.69 Å². The molecule has 0 fully saturated rings. The minimum absolute atomic E-state index is 0.193. The standard InChI is InChI=1S/C20H23N3O2/c1-14-6-4-5-7-16(14)22-19(24)17-12-21-18-9-8-15(13-23(17)18)10-11-20(2,3)25/h4-9,12-13,25H,10-11H2,1-3H3,(H,22,24). The second-order valence-electron chi connectivity index (χ2n) is 6.99. The van der Waals surface area contributed by atoms with E-state index in [0.717, 1.165) is 28.9 Å². The van der Waals surface area contributed by atoms with Gasteiger partial charge in [0.25, 0.3) is 5.91 Å². The molecular weight excluding hydrogens is 314 g/mol. The van der Waals surface area contributed by atoms with Gasteiger partial charge >= 0.3 is 0 Å². The highest BCUT2D eigenvalue weighted by molar-refractivity contribution is 6.03. The molecule has 0 spiro atoms. The summed E-state index contributed by atoms with van der Waals surface area (Å²) in [5.41, 5.74) is 3.36. The van der Waals surface area contributed by atoms with Crippen molar-refractivity contribution in [3.63, 3.8) is 0 Å². The number of aryl methyl sites for hydroxylation is 2. The van der Waals surface area contributed by atoms with Crippen LogP contribution in [0.2, 0.25) is 0 Å². The Hall–Kier alpha value is -2.66. The summed E-state index contributed by atoms with van der Waals surface area (Å²) in [6.45, 7) is 5.55. The van der Waals surface area contributed by atoms with Crippen LogP contribution in [0.5, 0.6) is 0 Å². The number of imidazole rings is 1. The molecular formula is C20H23N3O2. The average molecular weight is 337 g/mol. The Kier molecular flexibility index (Phi) is 4.59. The third-order valence-electron chi connectivity index (χ3n) is 4.22. The monoisotopic (exact) mass is 337 g/mol. The lowest BCUT2D eigenvalue weighted by Gasteiger charge is -2.16. The van der Waals surface area contributed by atoms with Gasteiger partial charge in [0, 0.05) is 11.9 Å². The van der Waals surface area contributed by atoms with E-state index in [4.69, 9.17) is 0 Å². The van der Waals surface area contributed by atoms with E-state index in [9.17, 15) is 9.90 Å². The third kappa shape index (κ3) is 4.06. The van der Waals surface area contributed by atoms with Crippen molar-refractivity contribution in [2.45, 2.75) is 39.2 Å². The smallest absolute Gasteiger partial charge is 0.274 e. The van der Waals surface area contributed by atoms with E-state index >= 15 is 0 Å². The van der Waals surface area contributed by atoms with Crippen LogP contribution in [-0.4, -0.2) is 26.0 Å². The van der Waals surface area contributed by atoms with Gasteiger partial charge in [0.05, 0.1) is 11.8 Å². The molecule has 2 heterocycles. The van der Waals surface area contributed by atoms with Crippen molar-refractivity contribution in [3.05, 3.63) is 65.6 Å². The number of pyridine rings is 1. The number of hydrogen-bond acceptors (Lipinski definition) is 3. The number of anilines is 1. The van der Waals surface area contributed by atoms with E-state index in [1.165, 1.54) is 0 Å². The fraction of sp³-hybridized carbons (Fsp3) is 0.300. The van der Waals surface area contributed by atoms with Crippen molar-refractivity contribution in [3.8, 4) is 0 Å². The SMILES string of the molecule is Cc1ccccc1NC(=O)c1cnc2ccc(CCC(C)(C)O)cn12. The molecule has 0 aliphatic rings. The van der Waals surface area contributed by atoms with E-state index in [1.54, 1.807) is 24.4 Å². The fourth-order valence-corrected chi connectivity index (χ4v) is 2.69. The number of aromatic nitrogens is 2. The van der Waals surface area contributed by atoms with Gasteiger partial charge in [0.1, 0.15) is 11.3 Å². The van der Waals surface area contributed by atoms with E-state index in [0.29, 0.717) is 12.1 Å². The summed E-state index contributed by atoms with van der Waals surface area (Å²) < 4.78 is 1.80. The number of amides is 1. The van der Waals surface area contributed by atoms with Crippen LogP contribution < -0.4 is 5.32 Å². The first-order valence-electron chi connectivity index (χ1n) is 8.39. The lowest BCUT2D eigenvalue weighted by Crippen LogP contribution is -2.19. The summed E-state index contributed by atoms with van der Waals surface area (Å²) in [5, 5.41) is 12.8. The molecule has 5 nitrogen and oxygen atoms in total. The minimum Gasteiger partial charge on any atom is -0.390 e. The second kappa shape index (κ2) is 6.69. The summed E-state index contributed by atoms with van der Waals surface area (Å²) in [7, 11) is 0. The van der Waals surface area contributed by atoms with Crippen molar-refractivity contribution in [1.29, 1.82) is 0 Å². The molecule has 0 bridgehead atoms. The topological polar surface area (TPSA) is 66.6 Å². The van der Waals surface area contributed by atoms with Crippen LogP contribution in [0, 0.1) is 6.92 Å². The van der Waals surface area contributed by atoms with Gasteiger partial charge in [-0.15, -0.1) is 0 Å². The normalized spacial score (nSPS) is 11.7. The van der Waals surface area contributed by atoms with E-state index in [-0.39, 0.29) is 5.91 Å². The first kappa shape index (κ1) is 17.2. The van der Waals surface area contributed by atoms with Crippen molar-refractivity contribution in [2.24, 2.45) is 0 Å². The number of carbonyl (C=O) groups is 1. The maximum atomic E-state index is 12.7. The minimum atomic E-state index is -0.713. The Morgan fingerprint density at radius 2 is 2.00 bits per heavy atom. The number of aliphatic hydroxyl groups is 1. The largest absolute Gasteiger partial charge is 0.390 e. The van der Waals surface area contributed by atoms with Crippen LogP contribution in [0.3, 0.4) is 0 Å². The number of nitrogens with one attached hydrogen (secondary N) is 1. The lowest BCUT2D eigenvalue weighted by atomic mass is 10.00. The highest BCUT2D eigenvalue weighted by Gasteiger charge is 2.15. The zero-order chi connectivity index (χ0) is 18.0. The molecule has 130 valence electrons. The summed E-state index contributed by atoms with van der Waals surface area (Å²) in [6, 6.07) is 11.5. The van der Waals surface area contributed by atoms with Crippen LogP contribution in [-0.2, 0) is 6.42 Å². The predicted molar refractivity (Wildman–Crippen MR) is 98.9 cm³/mol. The molecule has 0 radical (unpaired) electrons. The first-order valence-corrected chi connectivity index (χ1v) is 8.39. The number of rotatable bonds is 5. The van der Waals surface area contributed by atoms with E-state index in [1.807, 2.05) is 49.5 Å². The van der Waals surface area contributed by atoms with Crippen LogP contribution >= 0.6 is 0 Å². The molecule has 0 atom stereocenters. The maximum absolute atomic E-state index is 12.7. The Morgan fingerprint density at radius 1 is 1.24 bits per heavy atom. The van der Waals surface area contributed by atoms with Gasteiger partial charge in [-0.2, -0.15) is 0 Å². The van der Waals surface area contributed by atoms with Crippen LogP contribution in [0.25, 0.3) is 5.65 Å². The van der Waals surface area contributed by atoms with Crippen molar-refractivity contribution < 1.29 is 9.90 Å². The van der Waals surface area contributed by atoms with Crippen molar-refractivity contribution >= 4 is 17.2 Å². The molecule has 3 aromatic rings.